The predicted octanol–water partition coefficient (Wildman–Crippen LogP) is 4.16. The minimum atomic E-state index is -0.232. The quantitative estimate of drug-likeness (QED) is 0.688. The largest absolute Gasteiger partial charge is 0.494 e. The van der Waals surface area contributed by atoms with Crippen LogP contribution >= 0.6 is 23.2 Å². The SMILES string of the molecule is COc1c(Cl)cc(C(=O)NCCc2ccc(-n3cccn3)cc2)cc1Cl. The third kappa shape index (κ3) is 4.18. The van der Waals surface area contributed by atoms with E-state index in [1.807, 2.05) is 36.5 Å². The number of amides is 1. The molecule has 0 unspecified atom stereocenters. The van der Waals surface area contributed by atoms with E-state index in [9.17, 15) is 4.79 Å². The monoisotopic (exact) mass is 389 g/mol. The molecule has 1 N–H and O–H groups in total. The molecule has 0 radical (unpaired) electrons. The fourth-order valence-corrected chi connectivity index (χ4v) is 3.19. The number of carbonyl (C=O) groups excluding carboxylic acids is 1. The van der Waals surface area contributed by atoms with Crippen LogP contribution in [-0.2, 0) is 6.42 Å². The molecule has 5 nitrogen and oxygen atoms in total. The zero-order valence-corrected chi connectivity index (χ0v) is 15.6. The Kier molecular flexibility index (Phi) is 5.81. The number of ether oxygens (including phenoxy) is 1. The van der Waals surface area contributed by atoms with E-state index in [1.54, 1.807) is 23.0 Å². The molecule has 0 bridgehead atoms. The summed E-state index contributed by atoms with van der Waals surface area (Å²) in [6.45, 7) is 0.501. The summed E-state index contributed by atoms with van der Waals surface area (Å²) in [6.07, 6.45) is 4.34. The number of halogens is 2. The number of rotatable bonds is 6. The molecule has 2 aromatic carbocycles. The molecule has 0 aliphatic rings. The molecule has 1 amide bonds. The summed E-state index contributed by atoms with van der Waals surface area (Å²) in [5.41, 5.74) is 2.51. The van der Waals surface area contributed by atoms with Crippen molar-refractivity contribution in [1.29, 1.82) is 0 Å². The summed E-state index contributed by atoms with van der Waals surface area (Å²) in [6, 6.07) is 13.0. The van der Waals surface area contributed by atoms with Crippen LogP contribution in [0.15, 0.2) is 54.9 Å². The third-order valence-corrected chi connectivity index (χ3v) is 4.43. The lowest BCUT2D eigenvalue weighted by Crippen LogP contribution is -2.25. The number of hydrogen-bond acceptors (Lipinski definition) is 3. The van der Waals surface area contributed by atoms with Gasteiger partial charge >= 0.3 is 0 Å². The first-order valence-corrected chi connectivity index (χ1v) is 8.74. The molecule has 0 aliphatic heterocycles. The molecular formula is C19H17Cl2N3O2. The molecule has 0 atom stereocenters. The van der Waals surface area contributed by atoms with E-state index >= 15 is 0 Å². The van der Waals surface area contributed by atoms with Crippen LogP contribution in [-0.4, -0.2) is 29.3 Å². The summed E-state index contributed by atoms with van der Waals surface area (Å²) in [4.78, 5) is 12.3. The van der Waals surface area contributed by atoms with Gasteiger partial charge in [0, 0.05) is 24.5 Å². The van der Waals surface area contributed by atoms with Crippen molar-refractivity contribution in [2.24, 2.45) is 0 Å². The molecule has 134 valence electrons. The van der Waals surface area contributed by atoms with Crippen molar-refractivity contribution in [3.63, 3.8) is 0 Å². The maximum absolute atomic E-state index is 12.3. The van der Waals surface area contributed by atoms with Gasteiger partial charge in [0.25, 0.3) is 5.91 Å². The van der Waals surface area contributed by atoms with Crippen molar-refractivity contribution in [3.8, 4) is 11.4 Å². The van der Waals surface area contributed by atoms with E-state index in [1.165, 1.54) is 7.11 Å². The molecule has 7 heteroatoms. The minimum absolute atomic E-state index is 0.232. The van der Waals surface area contributed by atoms with Crippen LogP contribution in [0.2, 0.25) is 10.0 Å². The van der Waals surface area contributed by atoms with Gasteiger partial charge in [-0.1, -0.05) is 35.3 Å². The van der Waals surface area contributed by atoms with E-state index in [0.717, 1.165) is 11.3 Å². The first-order valence-electron chi connectivity index (χ1n) is 7.98. The molecule has 1 heterocycles. The van der Waals surface area contributed by atoms with Crippen molar-refractivity contribution in [2.75, 3.05) is 13.7 Å². The zero-order chi connectivity index (χ0) is 18.5. The van der Waals surface area contributed by atoms with Crippen molar-refractivity contribution < 1.29 is 9.53 Å². The van der Waals surface area contributed by atoms with Gasteiger partial charge in [-0.3, -0.25) is 4.79 Å². The molecule has 3 rings (SSSR count). The lowest BCUT2D eigenvalue weighted by Gasteiger charge is -2.10. The van der Waals surface area contributed by atoms with Crippen molar-refractivity contribution in [2.45, 2.75) is 6.42 Å². The van der Waals surface area contributed by atoms with Gasteiger partial charge in [0.2, 0.25) is 0 Å². The number of nitrogens with zero attached hydrogens (tertiary/aromatic N) is 2. The van der Waals surface area contributed by atoms with E-state index < -0.39 is 0 Å². The number of methoxy groups -OCH3 is 1. The number of nitrogens with one attached hydrogen (secondary N) is 1. The number of hydrogen-bond donors (Lipinski definition) is 1. The molecule has 1 aromatic heterocycles. The summed E-state index contributed by atoms with van der Waals surface area (Å²) < 4.78 is 6.88. The van der Waals surface area contributed by atoms with Crippen LogP contribution in [0.1, 0.15) is 15.9 Å². The van der Waals surface area contributed by atoms with Gasteiger partial charge in [0.05, 0.1) is 22.8 Å². The molecule has 0 saturated carbocycles. The van der Waals surface area contributed by atoms with Crippen LogP contribution in [0.3, 0.4) is 0 Å². The highest BCUT2D eigenvalue weighted by atomic mass is 35.5. The molecule has 3 aromatic rings. The number of benzene rings is 2. The Balaban J connectivity index is 1.57. The van der Waals surface area contributed by atoms with Gasteiger partial charge in [-0.25, -0.2) is 4.68 Å². The van der Waals surface area contributed by atoms with Crippen molar-refractivity contribution >= 4 is 29.1 Å². The second kappa shape index (κ2) is 8.25. The fourth-order valence-electron chi connectivity index (χ4n) is 2.55. The van der Waals surface area contributed by atoms with Gasteiger partial charge in [0.15, 0.2) is 5.75 Å². The van der Waals surface area contributed by atoms with Gasteiger partial charge in [-0.2, -0.15) is 5.10 Å². The maximum Gasteiger partial charge on any atom is 0.251 e. The first kappa shape index (κ1) is 18.3. The Labute approximate surface area is 161 Å². The van der Waals surface area contributed by atoms with Crippen LogP contribution in [0.25, 0.3) is 5.69 Å². The van der Waals surface area contributed by atoms with Crippen LogP contribution in [0.5, 0.6) is 5.75 Å². The Bertz CT molecular complexity index is 871. The van der Waals surface area contributed by atoms with Gasteiger partial charge < -0.3 is 10.1 Å². The van der Waals surface area contributed by atoms with Crippen LogP contribution in [0.4, 0.5) is 0 Å². The van der Waals surface area contributed by atoms with Gasteiger partial charge in [0.1, 0.15) is 0 Å². The average molecular weight is 390 g/mol. The average Bonchev–Trinajstić information content (AvgIpc) is 3.16. The summed E-state index contributed by atoms with van der Waals surface area (Å²) in [5.74, 6) is 0.131. The topological polar surface area (TPSA) is 56.1 Å². The smallest absolute Gasteiger partial charge is 0.251 e. The highest BCUT2D eigenvalue weighted by Gasteiger charge is 2.13. The predicted molar refractivity (Wildman–Crippen MR) is 103 cm³/mol. The maximum atomic E-state index is 12.3. The molecule has 0 fully saturated rings. The molecule has 0 saturated heterocycles. The number of carbonyl (C=O) groups is 1. The Morgan fingerprint density at radius 2 is 1.88 bits per heavy atom. The van der Waals surface area contributed by atoms with Crippen LogP contribution < -0.4 is 10.1 Å². The van der Waals surface area contributed by atoms with E-state index in [4.69, 9.17) is 27.9 Å². The Morgan fingerprint density at radius 3 is 2.46 bits per heavy atom. The molecule has 26 heavy (non-hydrogen) atoms. The molecule has 0 aliphatic carbocycles. The lowest BCUT2D eigenvalue weighted by atomic mass is 10.1. The van der Waals surface area contributed by atoms with E-state index in [-0.39, 0.29) is 5.91 Å². The highest BCUT2D eigenvalue weighted by molar-refractivity contribution is 6.37. The summed E-state index contributed by atoms with van der Waals surface area (Å²) in [5, 5.41) is 7.67. The Hall–Kier alpha value is -2.50. The van der Waals surface area contributed by atoms with E-state index in [0.29, 0.717) is 34.3 Å². The van der Waals surface area contributed by atoms with E-state index in [2.05, 4.69) is 10.4 Å². The normalized spacial score (nSPS) is 10.6. The third-order valence-electron chi connectivity index (χ3n) is 3.87. The van der Waals surface area contributed by atoms with Gasteiger partial charge in [-0.15, -0.1) is 0 Å². The first-order chi connectivity index (χ1) is 12.6. The second-order valence-electron chi connectivity index (χ2n) is 5.60. The highest BCUT2D eigenvalue weighted by Crippen LogP contribution is 2.33. The lowest BCUT2D eigenvalue weighted by molar-refractivity contribution is 0.0954. The minimum Gasteiger partial charge on any atom is -0.494 e. The summed E-state index contributed by atoms with van der Waals surface area (Å²) >= 11 is 12.1. The Morgan fingerprint density at radius 1 is 1.19 bits per heavy atom. The van der Waals surface area contributed by atoms with Crippen molar-refractivity contribution in [1.82, 2.24) is 15.1 Å². The standard InChI is InChI=1S/C19H17Cl2N3O2/c1-26-18-16(20)11-14(12-17(18)21)19(25)22-9-7-13-3-5-15(6-4-13)24-10-2-8-23-24/h2-6,8,10-12H,7,9H2,1H3,(H,22,25). The molecular weight excluding hydrogens is 373 g/mol. The second-order valence-corrected chi connectivity index (χ2v) is 6.41. The zero-order valence-electron chi connectivity index (χ0n) is 14.1. The molecule has 0 spiro atoms. The van der Waals surface area contributed by atoms with Gasteiger partial charge in [-0.05, 0) is 42.3 Å². The van der Waals surface area contributed by atoms with Crippen LogP contribution in [0, 0.1) is 0 Å². The fraction of sp³-hybridized carbons (Fsp3) is 0.158. The van der Waals surface area contributed by atoms with Crippen molar-refractivity contribution in [3.05, 3.63) is 76.0 Å². The number of aromatic nitrogens is 2. The summed E-state index contributed by atoms with van der Waals surface area (Å²) in [7, 11) is 1.48.